The molecule has 0 rings (SSSR count). The summed E-state index contributed by atoms with van der Waals surface area (Å²) >= 11 is 0. The molecule has 0 fully saturated rings. The Kier molecular flexibility index (Phi) is 9.42. The molecule has 0 aliphatic heterocycles. The lowest BCUT2D eigenvalue weighted by Gasteiger charge is -2.15. The Morgan fingerprint density at radius 2 is 1.68 bits per heavy atom. The highest BCUT2D eigenvalue weighted by Crippen LogP contribution is 2.05. The van der Waals surface area contributed by atoms with Gasteiger partial charge in [0.2, 0.25) is 0 Å². The lowest BCUT2D eigenvalue weighted by Crippen LogP contribution is -2.32. The topological polar surface area (TPSA) is 88.1 Å². The number of carbonyl (C=O) groups is 3. The van der Waals surface area contributed by atoms with E-state index in [1.165, 1.54) is 14.2 Å². The molecule has 0 aromatic rings. The standard InChI is InChI=1S/C12H20O7/c1-4-5-6-18-12(15)9(7-10(13)16-2)19-8-11(14)17-3/h9H,4-8H2,1-3H3/t9-/m1/s1. The van der Waals surface area contributed by atoms with Gasteiger partial charge in [-0.15, -0.1) is 0 Å². The number of esters is 3. The van der Waals surface area contributed by atoms with Crippen LogP contribution in [0.25, 0.3) is 0 Å². The number of rotatable bonds is 9. The summed E-state index contributed by atoms with van der Waals surface area (Å²) in [6.07, 6.45) is 0.118. The van der Waals surface area contributed by atoms with Crippen molar-refractivity contribution in [2.75, 3.05) is 27.4 Å². The zero-order valence-corrected chi connectivity index (χ0v) is 11.5. The van der Waals surface area contributed by atoms with Crippen molar-refractivity contribution in [1.29, 1.82) is 0 Å². The van der Waals surface area contributed by atoms with Gasteiger partial charge in [0.05, 0.1) is 27.2 Å². The first-order valence-corrected chi connectivity index (χ1v) is 5.97. The number of unbranched alkanes of at least 4 members (excludes halogenated alkanes) is 1. The maximum Gasteiger partial charge on any atom is 0.335 e. The van der Waals surface area contributed by atoms with Gasteiger partial charge in [-0.25, -0.2) is 9.59 Å². The van der Waals surface area contributed by atoms with Crippen molar-refractivity contribution < 1.29 is 33.3 Å². The Morgan fingerprint density at radius 1 is 1.05 bits per heavy atom. The fraction of sp³-hybridized carbons (Fsp3) is 0.750. The van der Waals surface area contributed by atoms with Crippen LogP contribution in [0.3, 0.4) is 0 Å². The molecule has 1 atom stereocenters. The highest BCUT2D eigenvalue weighted by molar-refractivity contribution is 5.82. The Labute approximate surface area is 112 Å². The third-order valence-corrected chi connectivity index (χ3v) is 2.21. The van der Waals surface area contributed by atoms with Crippen molar-refractivity contribution in [2.45, 2.75) is 32.3 Å². The van der Waals surface area contributed by atoms with Gasteiger partial charge < -0.3 is 18.9 Å². The largest absolute Gasteiger partial charge is 0.469 e. The number of carbonyl (C=O) groups excluding carboxylic acids is 3. The smallest absolute Gasteiger partial charge is 0.335 e. The summed E-state index contributed by atoms with van der Waals surface area (Å²) in [5.74, 6) is -1.96. The number of methoxy groups -OCH3 is 2. The van der Waals surface area contributed by atoms with Gasteiger partial charge in [-0.1, -0.05) is 13.3 Å². The van der Waals surface area contributed by atoms with Crippen LogP contribution in [0, 0.1) is 0 Å². The minimum Gasteiger partial charge on any atom is -0.469 e. The van der Waals surface area contributed by atoms with Gasteiger partial charge >= 0.3 is 17.9 Å². The molecule has 0 saturated carbocycles. The monoisotopic (exact) mass is 276 g/mol. The Morgan fingerprint density at radius 3 is 2.21 bits per heavy atom. The number of hydrogen-bond acceptors (Lipinski definition) is 7. The van der Waals surface area contributed by atoms with Crippen LogP contribution in [-0.4, -0.2) is 51.4 Å². The normalized spacial score (nSPS) is 11.5. The van der Waals surface area contributed by atoms with Crippen molar-refractivity contribution >= 4 is 17.9 Å². The minimum absolute atomic E-state index is 0.245. The van der Waals surface area contributed by atoms with Crippen molar-refractivity contribution in [1.82, 2.24) is 0 Å². The van der Waals surface area contributed by atoms with E-state index in [0.29, 0.717) is 6.42 Å². The van der Waals surface area contributed by atoms with E-state index < -0.39 is 30.6 Å². The van der Waals surface area contributed by atoms with E-state index in [0.717, 1.165) is 6.42 Å². The summed E-state index contributed by atoms with van der Waals surface area (Å²) in [7, 11) is 2.39. The van der Waals surface area contributed by atoms with Crippen LogP contribution in [0.1, 0.15) is 26.2 Å². The van der Waals surface area contributed by atoms with E-state index in [9.17, 15) is 14.4 Å². The molecule has 0 aromatic carbocycles. The van der Waals surface area contributed by atoms with Gasteiger partial charge in [0.15, 0.2) is 6.10 Å². The van der Waals surface area contributed by atoms with Gasteiger partial charge in [0.1, 0.15) is 6.61 Å². The first-order chi connectivity index (χ1) is 9.04. The summed E-state index contributed by atoms with van der Waals surface area (Å²) in [6.45, 7) is 1.77. The summed E-state index contributed by atoms with van der Waals surface area (Å²) < 4.78 is 18.8. The van der Waals surface area contributed by atoms with Crippen LogP contribution in [-0.2, 0) is 33.3 Å². The third kappa shape index (κ3) is 8.15. The minimum atomic E-state index is -1.16. The highest BCUT2D eigenvalue weighted by Gasteiger charge is 2.25. The second-order valence-electron chi connectivity index (χ2n) is 3.68. The molecular formula is C12H20O7. The Bertz CT molecular complexity index is 300. The quantitative estimate of drug-likeness (QED) is 0.343. The van der Waals surface area contributed by atoms with Crippen LogP contribution >= 0.6 is 0 Å². The predicted octanol–water partition coefficient (Wildman–Crippen LogP) is 0.451. The molecule has 0 unspecified atom stereocenters. The Hall–Kier alpha value is -1.63. The summed E-state index contributed by atoms with van der Waals surface area (Å²) in [5, 5.41) is 0. The highest BCUT2D eigenvalue weighted by atomic mass is 16.6. The summed E-state index contributed by atoms with van der Waals surface area (Å²) in [4.78, 5) is 33.7. The zero-order chi connectivity index (χ0) is 14.7. The van der Waals surface area contributed by atoms with Gasteiger partial charge in [0.25, 0.3) is 0 Å². The molecule has 0 saturated heterocycles. The molecule has 7 nitrogen and oxygen atoms in total. The molecule has 0 heterocycles. The van der Waals surface area contributed by atoms with E-state index in [-0.39, 0.29) is 13.0 Å². The number of hydrogen-bond donors (Lipinski definition) is 0. The SMILES string of the molecule is CCCCOC(=O)[C@@H](CC(=O)OC)OCC(=O)OC. The second-order valence-corrected chi connectivity index (χ2v) is 3.68. The van der Waals surface area contributed by atoms with Crippen molar-refractivity contribution in [3.8, 4) is 0 Å². The maximum absolute atomic E-state index is 11.7. The number of ether oxygens (including phenoxy) is 4. The van der Waals surface area contributed by atoms with Gasteiger partial charge in [-0.2, -0.15) is 0 Å². The van der Waals surface area contributed by atoms with E-state index in [2.05, 4.69) is 9.47 Å². The first-order valence-electron chi connectivity index (χ1n) is 5.97. The van der Waals surface area contributed by atoms with Gasteiger partial charge in [0, 0.05) is 0 Å². The molecule has 19 heavy (non-hydrogen) atoms. The summed E-state index contributed by atoms with van der Waals surface area (Å²) in [5.41, 5.74) is 0. The maximum atomic E-state index is 11.7. The molecule has 0 amide bonds. The average molecular weight is 276 g/mol. The van der Waals surface area contributed by atoms with Crippen LogP contribution in [0.2, 0.25) is 0 Å². The van der Waals surface area contributed by atoms with E-state index >= 15 is 0 Å². The first kappa shape index (κ1) is 17.4. The average Bonchev–Trinajstić information content (AvgIpc) is 2.42. The lowest BCUT2D eigenvalue weighted by atomic mass is 10.2. The van der Waals surface area contributed by atoms with E-state index in [1.54, 1.807) is 0 Å². The molecule has 7 heteroatoms. The molecule has 110 valence electrons. The van der Waals surface area contributed by atoms with Crippen LogP contribution in [0.15, 0.2) is 0 Å². The van der Waals surface area contributed by atoms with Crippen LogP contribution in [0.5, 0.6) is 0 Å². The molecule has 0 N–H and O–H groups in total. The molecule has 0 radical (unpaired) electrons. The van der Waals surface area contributed by atoms with Crippen molar-refractivity contribution in [3.63, 3.8) is 0 Å². The van der Waals surface area contributed by atoms with Crippen molar-refractivity contribution in [2.24, 2.45) is 0 Å². The fourth-order valence-electron chi connectivity index (χ4n) is 1.08. The molecule has 0 spiro atoms. The molecule has 0 aliphatic carbocycles. The lowest BCUT2D eigenvalue weighted by molar-refractivity contribution is -0.167. The predicted molar refractivity (Wildman–Crippen MR) is 64.3 cm³/mol. The third-order valence-electron chi connectivity index (χ3n) is 2.21. The summed E-state index contributed by atoms with van der Waals surface area (Å²) in [6, 6.07) is 0. The van der Waals surface area contributed by atoms with Gasteiger partial charge in [-0.3, -0.25) is 4.79 Å². The van der Waals surface area contributed by atoms with E-state index in [4.69, 9.17) is 9.47 Å². The van der Waals surface area contributed by atoms with E-state index in [1.807, 2.05) is 6.92 Å². The second kappa shape index (κ2) is 10.3. The van der Waals surface area contributed by atoms with Gasteiger partial charge in [-0.05, 0) is 6.42 Å². The molecule has 0 aromatic heterocycles. The zero-order valence-electron chi connectivity index (χ0n) is 11.5. The Balaban J connectivity index is 4.34. The van der Waals surface area contributed by atoms with Crippen LogP contribution < -0.4 is 0 Å². The fourth-order valence-corrected chi connectivity index (χ4v) is 1.08. The van der Waals surface area contributed by atoms with Crippen LogP contribution in [0.4, 0.5) is 0 Å². The van der Waals surface area contributed by atoms with Crippen molar-refractivity contribution in [3.05, 3.63) is 0 Å². The molecular weight excluding hydrogens is 256 g/mol. The molecule has 0 aliphatic rings. The molecule has 0 bridgehead atoms.